The molecule has 2 saturated carbocycles. The van der Waals surface area contributed by atoms with E-state index in [1.807, 2.05) is 7.11 Å². The Morgan fingerprint density at radius 3 is 2.69 bits per heavy atom. The minimum atomic E-state index is 0.465. The quantitative estimate of drug-likeness (QED) is 0.750. The average molecular weight is 225 g/mol. The van der Waals surface area contributed by atoms with Gasteiger partial charge in [-0.3, -0.25) is 0 Å². The van der Waals surface area contributed by atoms with Gasteiger partial charge in [0.25, 0.3) is 0 Å². The van der Waals surface area contributed by atoms with Gasteiger partial charge in [0.05, 0.1) is 6.61 Å². The van der Waals surface area contributed by atoms with Crippen molar-refractivity contribution in [2.75, 3.05) is 26.8 Å². The lowest BCUT2D eigenvalue weighted by Gasteiger charge is -2.37. The fraction of sp³-hybridized carbons (Fsp3) is 1.00. The first-order valence-electron chi connectivity index (χ1n) is 6.86. The summed E-state index contributed by atoms with van der Waals surface area (Å²) < 4.78 is 5.50. The molecule has 0 spiro atoms. The number of fused-ring (bicyclic) bond motifs is 2. The van der Waals surface area contributed by atoms with Crippen molar-refractivity contribution in [1.82, 2.24) is 5.32 Å². The van der Waals surface area contributed by atoms with Crippen molar-refractivity contribution < 1.29 is 4.74 Å². The van der Waals surface area contributed by atoms with Crippen molar-refractivity contribution >= 4 is 0 Å². The van der Waals surface area contributed by atoms with Crippen LogP contribution in [-0.2, 0) is 4.74 Å². The van der Waals surface area contributed by atoms with Gasteiger partial charge in [0.15, 0.2) is 0 Å². The largest absolute Gasteiger partial charge is 0.384 e. The van der Waals surface area contributed by atoms with Crippen molar-refractivity contribution in [1.29, 1.82) is 0 Å². The fourth-order valence-corrected chi connectivity index (χ4v) is 3.90. The lowest BCUT2D eigenvalue weighted by atomic mass is 9.73. The number of methoxy groups -OCH3 is 1. The number of ether oxygens (including phenoxy) is 1. The summed E-state index contributed by atoms with van der Waals surface area (Å²) >= 11 is 0. The van der Waals surface area contributed by atoms with Crippen molar-refractivity contribution in [2.24, 2.45) is 23.2 Å². The van der Waals surface area contributed by atoms with Crippen LogP contribution in [-0.4, -0.2) is 26.8 Å². The van der Waals surface area contributed by atoms with Gasteiger partial charge >= 0.3 is 0 Å². The van der Waals surface area contributed by atoms with Gasteiger partial charge in [-0.05, 0) is 43.6 Å². The first-order chi connectivity index (χ1) is 7.66. The Balaban J connectivity index is 1.89. The average Bonchev–Trinajstić information content (AvgIpc) is 2.77. The molecule has 3 atom stereocenters. The van der Waals surface area contributed by atoms with Crippen LogP contribution in [0.3, 0.4) is 0 Å². The molecule has 2 bridgehead atoms. The van der Waals surface area contributed by atoms with Crippen LogP contribution in [0.5, 0.6) is 0 Å². The summed E-state index contributed by atoms with van der Waals surface area (Å²) in [5.41, 5.74) is 0.465. The molecule has 0 saturated heterocycles. The van der Waals surface area contributed by atoms with E-state index in [4.69, 9.17) is 4.74 Å². The molecule has 2 heteroatoms. The third kappa shape index (κ3) is 2.43. The smallest absolute Gasteiger partial charge is 0.0533 e. The van der Waals surface area contributed by atoms with Gasteiger partial charge in [-0.1, -0.05) is 20.3 Å². The van der Waals surface area contributed by atoms with Crippen LogP contribution in [0, 0.1) is 23.2 Å². The molecule has 0 heterocycles. The zero-order valence-corrected chi connectivity index (χ0v) is 11.1. The molecule has 1 N–H and O–H groups in total. The number of hydrogen-bond donors (Lipinski definition) is 1. The Morgan fingerprint density at radius 1 is 1.38 bits per heavy atom. The summed E-state index contributed by atoms with van der Waals surface area (Å²) in [5.74, 6) is 2.68. The van der Waals surface area contributed by atoms with Crippen LogP contribution >= 0.6 is 0 Å². The van der Waals surface area contributed by atoms with Crippen LogP contribution in [0.15, 0.2) is 0 Å². The van der Waals surface area contributed by atoms with Crippen molar-refractivity contribution in [3.8, 4) is 0 Å². The van der Waals surface area contributed by atoms with E-state index < -0.39 is 0 Å². The zero-order chi connectivity index (χ0) is 11.6. The molecule has 0 aromatic carbocycles. The highest BCUT2D eigenvalue weighted by molar-refractivity contribution is 5.01. The second-order valence-corrected chi connectivity index (χ2v) is 6.40. The maximum absolute atomic E-state index is 5.50. The highest BCUT2D eigenvalue weighted by Crippen LogP contribution is 2.55. The molecule has 0 aromatic heterocycles. The third-order valence-electron chi connectivity index (χ3n) is 4.56. The number of nitrogens with one attached hydrogen (secondary N) is 1. The Morgan fingerprint density at radius 2 is 2.19 bits per heavy atom. The van der Waals surface area contributed by atoms with E-state index in [0.29, 0.717) is 5.41 Å². The standard InChI is InChI=1S/C14H27NO/c1-11(2)8-15-9-14(10-16-3)7-12-4-5-13(14)6-12/h11-13,15H,4-10H2,1-3H3. The van der Waals surface area contributed by atoms with E-state index in [1.54, 1.807) is 0 Å². The molecule has 2 fully saturated rings. The maximum Gasteiger partial charge on any atom is 0.0533 e. The van der Waals surface area contributed by atoms with E-state index in [0.717, 1.165) is 30.9 Å². The minimum Gasteiger partial charge on any atom is -0.384 e. The summed E-state index contributed by atoms with van der Waals surface area (Å²) in [6, 6.07) is 0. The van der Waals surface area contributed by atoms with Gasteiger partial charge in [-0.15, -0.1) is 0 Å². The molecule has 2 aliphatic carbocycles. The summed E-state index contributed by atoms with van der Waals surface area (Å²) in [6.07, 6.45) is 5.78. The van der Waals surface area contributed by atoms with Gasteiger partial charge in [0.2, 0.25) is 0 Å². The molecule has 2 nitrogen and oxygen atoms in total. The lowest BCUT2D eigenvalue weighted by Crippen LogP contribution is -2.43. The monoisotopic (exact) mass is 225 g/mol. The summed E-state index contributed by atoms with van der Waals surface area (Å²) in [7, 11) is 1.86. The topological polar surface area (TPSA) is 21.3 Å². The lowest BCUT2D eigenvalue weighted by molar-refractivity contribution is 0.0342. The Hall–Kier alpha value is -0.0800. The van der Waals surface area contributed by atoms with E-state index >= 15 is 0 Å². The first kappa shape index (κ1) is 12.4. The SMILES string of the molecule is COCC1(CNCC(C)C)CC2CCC1C2. The number of rotatable bonds is 6. The predicted molar refractivity (Wildman–Crippen MR) is 67.5 cm³/mol. The highest BCUT2D eigenvalue weighted by Gasteiger charge is 2.50. The molecular formula is C14H27NO. The van der Waals surface area contributed by atoms with Crippen molar-refractivity contribution in [2.45, 2.75) is 39.5 Å². The molecule has 16 heavy (non-hydrogen) atoms. The molecule has 0 aliphatic heterocycles. The van der Waals surface area contributed by atoms with Gasteiger partial charge in [0, 0.05) is 19.1 Å². The third-order valence-corrected chi connectivity index (χ3v) is 4.56. The van der Waals surface area contributed by atoms with Gasteiger partial charge in [0.1, 0.15) is 0 Å². The fourth-order valence-electron chi connectivity index (χ4n) is 3.90. The molecule has 0 amide bonds. The molecule has 0 aromatic rings. The molecular weight excluding hydrogens is 198 g/mol. The van der Waals surface area contributed by atoms with E-state index in [9.17, 15) is 0 Å². The van der Waals surface area contributed by atoms with Crippen LogP contribution in [0.2, 0.25) is 0 Å². The van der Waals surface area contributed by atoms with Gasteiger partial charge in [-0.2, -0.15) is 0 Å². The van der Waals surface area contributed by atoms with Crippen LogP contribution in [0.25, 0.3) is 0 Å². The predicted octanol–water partition coefficient (Wildman–Crippen LogP) is 2.68. The van der Waals surface area contributed by atoms with Gasteiger partial charge < -0.3 is 10.1 Å². The normalized spacial score (nSPS) is 37.5. The molecule has 3 unspecified atom stereocenters. The van der Waals surface area contributed by atoms with E-state index in [-0.39, 0.29) is 0 Å². The molecule has 94 valence electrons. The molecule has 0 radical (unpaired) electrons. The minimum absolute atomic E-state index is 0.465. The number of hydrogen-bond acceptors (Lipinski definition) is 2. The Kier molecular flexibility index (Phi) is 3.91. The Labute approximate surface area is 100 Å². The maximum atomic E-state index is 5.50. The molecule has 2 aliphatic rings. The second kappa shape index (κ2) is 5.05. The first-order valence-corrected chi connectivity index (χ1v) is 6.86. The highest BCUT2D eigenvalue weighted by atomic mass is 16.5. The summed E-state index contributed by atoms with van der Waals surface area (Å²) in [5, 5.41) is 3.66. The van der Waals surface area contributed by atoms with Crippen LogP contribution < -0.4 is 5.32 Å². The van der Waals surface area contributed by atoms with Crippen molar-refractivity contribution in [3.05, 3.63) is 0 Å². The summed E-state index contributed by atoms with van der Waals surface area (Å²) in [4.78, 5) is 0. The van der Waals surface area contributed by atoms with Gasteiger partial charge in [-0.25, -0.2) is 0 Å². The molecule has 2 rings (SSSR count). The van der Waals surface area contributed by atoms with Crippen molar-refractivity contribution in [3.63, 3.8) is 0 Å². The van der Waals surface area contributed by atoms with Crippen LogP contribution in [0.1, 0.15) is 39.5 Å². The Bertz CT molecular complexity index is 229. The second-order valence-electron chi connectivity index (χ2n) is 6.40. The zero-order valence-electron chi connectivity index (χ0n) is 11.1. The van der Waals surface area contributed by atoms with Crippen LogP contribution in [0.4, 0.5) is 0 Å². The summed E-state index contributed by atoms with van der Waals surface area (Å²) in [6.45, 7) is 7.82. The van der Waals surface area contributed by atoms with E-state index in [1.165, 1.54) is 32.2 Å². The van der Waals surface area contributed by atoms with E-state index in [2.05, 4.69) is 19.2 Å².